The van der Waals surface area contributed by atoms with Crippen LogP contribution in [0.5, 0.6) is 0 Å². The summed E-state index contributed by atoms with van der Waals surface area (Å²) in [7, 11) is 0. The average molecular weight is 248 g/mol. The van der Waals surface area contributed by atoms with Crippen molar-refractivity contribution in [2.45, 2.75) is 6.42 Å². The number of imide groups is 2. The summed E-state index contributed by atoms with van der Waals surface area (Å²) in [6.45, 7) is 0. The number of hydrogen-bond acceptors (Lipinski definition) is 4. The molecule has 0 saturated carbocycles. The van der Waals surface area contributed by atoms with Gasteiger partial charge in [0.05, 0.1) is 11.3 Å². The van der Waals surface area contributed by atoms with Crippen LogP contribution in [-0.2, 0) is 9.59 Å². The number of carboxylic acids is 1. The second kappa shape index (κ2) is 4.28. The second-order valence-electron chi connectivity index (χ2n) is 3.61. The van der Waals surface area contributed by atoms with Gasteiger partial charge in [0.1, 0.15) is 6.42 Å². The maximum atomic E-state index is 11.6. The second-order valence-corrected chi connectivity index (χ2v) is 3.61. The van der Waals surface area contributed by atoms with E-state index in [4.69, 9.17) is 5.11 Å². The van der Waals surface area contributed by atoms with E-state index in [1.807, 2.05) is 5.32 Å². The first kappa shape index (κ1) is 11.8. The molecule has 2 N–H and O–H groups in total. The molecule has 7 heteroatoms. The largest absolute Gasteiger partial charge is 0.478 e. The van der Waals surface area contributed by atoms with Crippen molar-refractivity contribution in [3.63, 3.8) is 0 Å². The number of nitrogens with zero attached hydrogens (tertiary/aromatic N) is 1. The Kier molecular flexibility index (Phi) is 2.80. The average Bonchev–Trinajstić information content (AvgIpc) is 2.28. The third-order valence-corrected chi connectivity index (χ3v) is 2.38. The monoisotopic (exact) mass is 248 g/mol. The molecule has 1 heterocycles. The van der Waals surface area contributed by atoms with Gasteiger partial charge < -0.3 is 5.11 Å². The number of carboxylic acid groups (broad SMARTS) is 1. The van der Waals surface area contributed by atoms with Crippen LogP contribution in [0.25, 0.3) is 0 Å². The summed E-state index contributed by atoms with van der Waals surface area (Å²) in [4.78, 5) is 45.5. The van der Waals surface area contributed by atoms with Gasteiger partial charge in [-0.2, -0.15) is 0 Å². The Labute approximate surface area is 101 Å². The van der Waals surface area contributed by atoms with Gasteiger partial charge in [0.15, 0.2) is 0 Å². The molecule has 0 unspecified atom stereocenters. The Balaban J connectivity index is 2.30. The Morgan fingerprint density at radius 3 is 2.28 bits per heavy atom. The fraction of sp³-hybridized carbons (Fsp3) is 0.0909. The van der Waals surface area contributed by atoms with Crippen LogP contribution in [0.1, 0.15) is 16.8 Å². The number of rotatable bonds is 2. The van der Waals surface area contributed by atoms with Gasteiger partial charge in [0, 0.05) is 0 Å². The van der Waals surface area contributed by atoms with Crippen molar-refractivity contribution in [1.29, 1.82) is 0 Å². The van der Waals surface area contributed by atoms with E-state index in [-0.39, 0.29) is 11.3 Å². The standard InChI is InChI=1S/C11H8N2O5/c14-8-5-9(15)13(11(18)12-8)7-3-1-6(2-4-7)10(16)17/h1-4H,5H2,(H,16,17)(H,12,14,18). The fourth-order valence-corrected chi connectivity index (χ4v) is 1.56. The zero-order valence-corrected chi connectivity index (χ0v) is 9.04. The van der Waals surface area contributed by atoms with Gasteiger partial charge in [-0.1, -0.05) is 0 Å². The summed E-state index contributed by atoms with van der Waals surface area (Å²) in [5.41, 5.74) is 0.259. The Bertz CT molecular complexity index is 529. The van der Waals surface area contributed by atoms with E-state index < -0.39 is 30.2 Å². The fourth-order valence-electron chi connectivity index (χ4n) is 1.56. The van der Waals surface area contributed by atoms with E-state index in [0.717, 1.165) is 4.90 Å². The highest BCUT2D eigenvalue weighted by Crippen LogP contribution is 2.18. The van der Waals surface area contributed by atoms with Crippen LogP contribution < -0.4 is 10.2 Å². The first-order chi connectivity index (χ1) is 8.49. The van der Waals surface area contributed by atoms with Gasteiger partial charge in [0.25, 0.3) is 0 Å². The molecule has 1 aromatic carbocycles. The third-order valence-electron chi connectivity index (χ3n) is 2.38. The minimum absolute atomic E-state index is 0.0414. The minimum atomic E-state index is -1.11. The number of amides is 4. The van der Waals surface area contributed by atoms with Crippen LogP contribution in [0.2, 0.25) is 0 Å². The first-order valence-corrected chi connectivity index (χ1v) is 4.99. The van der Waals surface area contributed by atoms with Crippen LogP contribution in [0.15, 0.2) is 24.3 Å². The summed E-state index contributed by atoms with van der Waals surface area (Å²) in [5, 5.41) is 10.7. The number of hydrogen-bond donors (Lipinski definition) is 2. The van der Waals surface area contributed by atoms with Gasteiger partial charge >= 0.3 is 12.0 Å². The number of carbonyl (C=O) groups is 4. The molecule has 1 fully saturated rings. The van der Waals surface area contributed by atoms with Crippen LogP contribution in [-0.4, -0.2) is 28.9 Å². The van der Waals surface area contributed by atoms with Crippen molar-refractivity contribution < 1.29 is 24.3 Å². The molecule has 1 aliphatic heterocycles. The zero-order chi connectivity index (χ0) is 13.3. The van der Waals surface area contributed by atoms with Crippen molar-refractivity contribution in [3.8, 4) is 0 Å². The molecular weight excluding hydrogens is 240 g/mol. The molecule has 1 aromatic rings. The van der Waals surface area contributed by atoms with Crippen molar-refractivity contribution in [2.24, 2.45) is 0 Å². The van der Waals surface area contributed by atoms with Gasteiger partial charge in [-0.15, -0.1) is 0 Å². The van der Waals surface area contributed by atoms with Crippen LogP contribution in [0, 0.1) is 0 Å². The van der Waals surface area contributed by atoms with E-state index in [2.05, 4.69) is 0 Å². The highest BCUT2D eigenvalue weighted by molar-refractivity contribution is 6.26. The topological polar surface area (TPSA) is 104 Å². The molecule has 18 heavy (non-hydrogen) atoms. The molecule has 0 atom stereocenters. The lowest BCUT2D eigenvalue weighted by Gasteiger charge is -2.24. The smallest absolute Gasteiger partial charge is 0.335 e. The molecule has 4 amide bonds. The molecule has 1 saturated heterocycles. The number of carbonyl (C=O) groups excluding carboxylic acids is 3. The lowest BCUT2D eigenvalue weighted by atomic mass is 10.2. The van der Waals surface area contributed by atoms with Gasteiger partial charge in [0.2, 0.25) is 11.8 Å². The quantitative estimate of drug-likeness (QED) is 0.735. The lowest BCUT2D eigenvalue weighted by molar-refractivity contribution is -0.128. The number of urea groups is 1. The third kappa shape index (κ3) is 2.05. The predicted molar refractivity (Wildman–Crippen MR) is 59.0 cm³/mol. The van der Waals surface area contributed by atoms with Crippen LogP contribution in [0.3, 0.4) is 0 Å². The highest BCUT2D eigenvalue weighted by atomic mass is 16.4. The lowest BCUT2D eigenvalue weighted by Crippen LogP contribution is -2.52. The predicted octanol–water partition coefficient (Wildman–Crippen LogP) is 0.358. The molecule has 7 nitrogen and oxygen atoms in total. The highest BCUT2D eigenvalue weighted by Gasteiger charge is 2.31. The number of benzene rings is 1. The summed E-state index contributed by atoms with van der Waals surface area (Å²) < 4.78 is 0. The number of nitrogens with one attached hydrogen (secondary N) is 1. The van der Waals surface area contributed by atoms with Crippen LogP contribution >= 0.6 is 0 Å². The molecule has 0 aliphatic carbocycles. The van der Waals surface area contributed by atoms with E-state index in [9.17, 15) is 19.2 Å². The normalized spacial score (nSPS) is 15.6. The molecule has 0 aromatic heterocycles. The number of anilines is 1. The molecule has 0 spiro atoms. The molecule has 2 rings (SSSR count). The van der Waals surface area contributed by atoms with E-state index in [1.165, 1.54) is 24.3 Å². The van der Waals surface area contributed by atoms with Crippen molar-refractivity contribution in [3.05, 3.63) is 29.8 Å². The van der Waals surface area contributed by atoms with Gasteiger partial charge in [-0.3, -0.25) is 14.9 Å². The maximum Gasteiger partial charge on any atom is 0.335 e. The van der Waals surface area contributed by atoms with E-state index in [0.29, 0.717) is 0 Å². The number of aromatic carboxylic acids is 1. The molecule has 92 valence electrons. The van der Waals surface area contributed by atoms with Gasteiger partial charge in [-0.05, 0) is 24.3 Å². The summed E-state index contributed by atoms with van der Waals surface area (Å²) in [6.07, 6.45) is -0.410. The Hall–Kier alpha value is -2.70. The molecule has 0 bridgehead atoms. The maximum absolute atomic E-state index is 11.6. The first-order valence-electron chi connectivity index (χ1n) is 4.99. The van der Waals surface area contributed by atoms with Crippen molar-refractivity contribution in [1.82, 2.24) is 5.32 Å². The van der Waals surface area contributed by atoms with Crippen molar-refractivity contribution >= 4 is 29.5 Å². The van der Waals surface area contributed by atoms with E-state index in [1.54, 1.807) is 0 Å². The zero-order valence-electron chi connectivity index (χ0n) is 9.04. The molecule has 0 radical (unpaired) electrons. The van der Waals surface area contributed by atoms with Crippen LogP contribution in [0.4, 0.5) is 10.5 Å². The van der Waals surface area contributed by atoms with E-state index >= 15 is 0 Å². The summed E-state index contributed by atoms with van der Waals surface area (Å²) >= 11 is 0. The summed E-state index contributed by atoms with van der Waals surface area (Å²) in [6, 6.07) is 4.37. The molecular formula is C11H8N2O5. The molecule has 1 aliphatic rings. The summed E-state index contributed by atoms with van der Waals surface area (Å²) in [5.74, 6) is -2.40. The number of barbiturate groups is 1. The van der Waals surface area contributed by atoms with Gasteiger partial charge in [-0.25, -0.2) is 14.5 Å². The minimum Gasteiger partial charge on any atom is -0.478 e. The SMILES string of the molecule is O=C1CC(=O)N(c2ccc(C(=O)O)cc2)C(=O)N1. The Morgan fingerprint density at radius 1 is 1.17 bits per heavy atom. The Morgan fingerprint density at radius 2 is 1.78 bits per heavy atom. The van der Waals surface area contributed by atoms with Crippen molar-refractivity contribution in [2.75, 3.05) is 4.90 Å².